The molecule has 0 amide bonds. The van der Waals surface area contributed by atoms with Gasteiger partial charge in [0.1, 0.15) is 0 Å². The number of benzene rings is 5. The maximum absolute atomic E-state index is 5.53. The third-order valence-corrected chi connectivity index (χ3v) is 11.5. The third-order valence-electron chi connectivity index (χ3n) is 8.55. The van der Waals surface area contributed by atoms with Crippen molar-refractivity contribution in [1.29, 1.82) is 0 Å². The Morgan fingerprint density at radius 3 is 1.78 bits per heavy atom. The van der Waals surface area contributed by atoms with Crippen LogP contribution in [-0.4, -0.2) is 24.1 Å². The zero-order valence-corrected chi connectivity index (χ0v) is 30.6. The zero-order chi connectivity index (χ0) is 32.5. The van der Waals surface area contributed by atoms with Gasteiger partial charge in [0.2, 0.25) is 0 Å². The number of nitrogens with zero attached hydrogens (tertiary/aromatic N) is 2. The van der Waals surface area contributed by atoms with Gasteiger partial charge in [-0.05, 0) is 46.0 Å². The Balaban J connectivity index is 0.00000134. The first-order valence-electron chi connectivity index (χ1n) is 16.0. The van der Waals surface area contributed by atoms with Crippen LogP contribution in [0, 0.1) is 0 Å². The minimum absolute atomic E-state index is 0.194. The van der Waals surface area contributed by atoms with E-state index in [0.717, 1.165) is 36.2 Å². The van der Waals surface area contributed by atoms with Crippen molar-refractivity contribution in [3.63, 3.8) is 0 Å². The molecule has 5 aromatic rings. The van der Waals surface area contributed by atoms with E-state index in [1.807, 2.05) is 0 Å². The molecule has 2 nitrogen and oxygen atoms in total. The molecule has 0 saturated carbocycles. The monoisotopic (exact) mass is 707 g/mol. The molecule has 0 N–H and O–H groups in total. The Hall–Kier alpha value is -2.77. The molecule has 1 unspecified atom stereocenters. The van der Waals surface area contributed by atoms with E-state index in [2.05, 4.69) is 143 Å². The molecule has 1 aliphatic carbocycles. The van der Waals surface area contributed by atoms with E-state index in [-0.39, 0.29) is 13.1 Å². The second-order valence-electron chi connectivity index (χ2n) is 12.3. The fourth-order valence-electron chi connectivity index (χ4n) is 6.35. The molecule has 1 aliphatic rings. The summed E-state index contributed by atoms with van der Waals surface area (Å²) in [5, 5.41) is 4.05. The summed E-state index contributed by atoms with van der Waals surface area (Å²) in [6.45, 7) is 9.87. The summed E-state index contributed by atoms with van der Waals surface area (Å²) in [5.41, 5.74) is 9.67. The molecule has 0 saturated heterocycles. The number of para-hydroxylation sites is 1. The van der Waals surface area contributed by atoms with Gasteiger partial charge in [0, 0.05) is 37.4 Å². The van der Waals surface area contributed by atoms with E-state index < -0.39 is 7.92 Å². The minimum atomic E-state index is -0.754. The van der Waals surface area contributed by atoms with Crippen LogP contribution in [0.3, 0.4) is 0 Å². The van der Waals surface area contributed by atoms with Crippen molar-refractivity contribution in [3.8, 4) is 0 Å². The first-order chi connectivity index (χ1) is 22.4. The predicted octanol–water partition coefficient (Wildman–Crippen LogP) is 11.5. The molecular weight excluding hydrogens is 666 g/mol. The molecule has 46 heavy (non-hydrogen) atoms. The van der Waals surface area contributed by atoms with Crippen molar-refractivity contribution >= 4 is 61.3 Å². The predicted molar refractivity (Wildman–Crippen MR) is 202 cm³/mol. The fraction of sp³-hybridized carbons (Fsp3) is 0.250. The summed E-state index contributed by atoms with van der Waals surface area (Å²) in [7, 11) is 8.77. The van der Waals surface area contributed by atoms with Crippen LogP contribution in [0.1, 0.15) is 73.8 Å². The molecule has 0 spiro atoms. The molecule has 0 radical (unpaired) electrons. The fourth-order valence-corrected chi connectivity index (χ4v) is 9.00. The van der Waals surface area contributed by atoms with Gasteiger partial charge in [0.25, 0.3) is 0 Å². The molecular formula is C40H42Cl2FeN2P+. The van der Waals surface area contributed by atoms with E-state index in [1.165, 1.54) is 50.1 Å². The van der Waals surface area contributed by atoms with Crippen LogP contribution in [0.5, 0.6) is 0 Å². The Morgan fingerprint density at radius 2 is 1.20 bits per heavy atom. The van der Waals surface area contributed by atoms with Crippen LogP contribution in [0.2, 0.25) is 0 Å². The van der Waals surface area contributed by atoms with Crippen LogP contribution in [0.25, 0.3) is 10.8 Å². The topological polar surface area (TPSA) is 24.7 Å². The summed E-state index contributed by atoms with van der Waals surface area (Å²) in [4.78, 5) is 10.9. The molecule has 0 aromatic heterocycles. The summed E-state index contributed by atoms with van der Waals surface area (Å²) in [6, 6.07) is 42.0. The van der Waals surface area contributed by atoms with Gasteiger partial charge in [0.05, 0.1) is 34.7 Å². The van der Waals surface area contributed by atoms with E-state index in [9.17, 15) is 0 Å². The van der Waals surface area contributed by atoms with Gasteiger partial charge >= 0.3 is 33.3 Å². The van der Waals surface area contributed by atoms with Gasteiger partial charge in [-0.15, -0.1) is 0 Å². The average Bonchev–Trinajstić information content (AvgIpc) is 3.37. The van der Waals surface area contributed by atoms with Gasteiger partial charge in [0.15, 0.2) is 0 Å². The van der Waals surface area contributed by atoms with Crippen molar-refractivity contribution in [2.75, 3.05) is 12.7 Å². The first kappa shape index (κ1) is 34.6. The van der Waals surface area contributed by atoms with Crippen molar-refractivity contribution in [2.24, 2.45) is 9.98 Å². The van der Waals surface area contributed by atoms with Crippen LogP contribution < -0.4 is 5.30 Å². The van der Waals surface area contributed by atoms with E-state index in [4.69, 9.17) is 30.2 Å². The molecule has 6 heteroatoms. The molecule has 238 valence electrons. The quantitative estimate of drug-likeness (QED) is 0.0784. The Bertz CT molecular complexity index is 1770. The Labute approximate surface area is 290 Å². The number of aliphatic imine (C=N–C) groups is 2. The van der Waals surface area contributed by atoms with Crippen LogP contribution in [0.15, 0.2) is 125 Å². The van der Waals surface area contributed by atoms with E-state index >= 15 is 0 Å². The normalized spacial score (nSPS) is 14.8. The maximum atomic E-state index is 5.53. The van der Waals surface area contributed by atoms with Gasteiger partial charge in [-0.1, -0.05) is 131 Å². The standard InChI is InChI=1S/C40H41N2P.2ClH.Fe/c1-28(2)33-21-13-22-34(29(3)4)38(33)42-40-36-24-12-18-31-17-11-23-35(37(31)36)39(40)41-25-14-26-43(32-19-9-6-10-20-32)27-30-15-7-5-8-16-30;;;/h5-13,15-24,28-29H,14,25-27H2,1-4H3;2*1H;/q;;;+2/p-1. The van der Waals surface area contributed by atoms with Crippen LogP contribution >= 0.6 is 28.1 Å². The third kappa shape index (κ3) is 8.20. The summed E-state index contributed by atoms with van der Waals surface area (Å²) in [6.07, 6.45) is 3.41. The number of hydrogen-bond acceptors (Lipinski definition) is 2. The van der Waals surface area contributed by atoms with Crippen LogP contribution in [0.4, 0.5) is 5.69 Å². The molecule has 5 aromatic carbocycles. The molecule has 0 bridgehead atoms. The molecule has 6 rings (SSSR count). The van der Waals surface area contributed by atoms with Gasteiger partial charge < -0.3 is 0 Å². The van der Waals surface area contributed by atoms with Gasteiger partial charge in [-0.25, -0.2) is 4.99 Å². The molecule has 0 heterocycles. The Kier molecular flexibility index (Phi) is 12.7. The van der Waals surface area contributed by atoms with Crippen molar-refractivity contribution in [3.05, 3.63) is 143 Å². The summed E-state index contributed by atoms with van der Waals surface area (Å²) in [5.74, 6) is 0.780. The summed E-state index contributed by atoms with van der Waals surface area (Å²) >= 11 is 0.194. The van der Waals surface area contributed by atoms with E-state index in [0.29, 0.717) is 11.8 Å². The number of hydrogen-bond donors (Lipinski definition) is 0. The molecule has 1 atom stereocenters. The number of rotatable bonds is 10. The van der Waals surface area contributed by atoms with Gasteiger partial charge in [-0.2, -0.15) is 0 Å². The van der Waals surface area contributed by atoms with Crippen LogP contribution in [-0.2, 0) is 19.3 Å². The number of halogens is 2. The molecule has 0 fully saturated rings. The van der Waals surface area contributed by atoms with E-state index in [1.54, 1.807) is 0 Å². The molecule has 0 aliphatic heterocycles. The average molecular weight is 709 g/mol. The van der Waals surface area contributed by atoms with Crippen molar-refractivity contribution in [2.45, 2.75) is 52.1 Å². The van der Waals surface area contributed by atoms with Gasteiger partial charge in [-0.3, -0.25) is 4.99 Å². The van der Waals surface area contributed by atoms with Crippen molar-refractivity contribution in [1.82, 2.24) is 0 Å². The first-order valence-corrected chi connectivity index (χ1v) is 21.0. The van der Waals surface area contributed by atoms with Crippen molar-refractivity contribution < 1.29 is 13.1 Å². The second kappa shape index (κ2) is 16.9. The second-order valence-corrected chi connectivity index (χ2v) is 16.7. The SMILES string of the molecule is CC(C)c1cccc(C(C)C)c1N=C1C(=NCCC[PH+](Cc2ccccc2)c2ccccc2)c2cccc3cccc1c23.[Cl][Fe][Cl]. The summed E-state index contributed by atoms with van der Waals surface area (Å²) < 4.78 is 0. The Morgan fingerprint density at radius 1 is 0.652 bits per heavy atom. The zero-order valence-electron chi connectivity index (χ0n) is 27.0.